The molecule has 96 valence electrons. The average Bonchev–Trinajstić information content (AvgIpc) is 2.28. The molecule has 0 saturated carbocycles. The van der Waals surface area contributed by atoms with Crippen LogP contribution in [0.3, 0.4) is 0 Å². The van der Waals surface area contributed by atoms with Crippen molar-refractivity contribution in [3.63, 3.8) is 0 Å². The van der Waals surface area contributed by atoms with Gasteiger partial charge in [0, 0.05) is 6.61 Å². The monoisotopic (exact) mass is 233 g/mol. The molecule has 2 N–H and O–H groups in total. The van der Waals surface area contributed by atoms with Gasteiger partial charge in [0.1, 0.15) is 6.04 Å². The highest BCUT2D eigenvalue weighted by Crippen LogP contribution is 1.90. The van der Waals surface area contributed by atoms with Crippen molar-refractivity contribution in [2.24, 2.45) is 5.73 Å². The second kappa shape index (κ2) is 10.9. The van der Waals surface area contributed by atoms with Crippen LogP contribution in [0.25, 0.3) is 0 Å². The van der Waals surface area contributed by atoms with Crippen molar-refractivity contribution in [3.05, 3.63) is 0 Å². The smallest absolute Gasteiger partial charge is 0.325 e. The second-order valence-electron chi connectivity index (χ2n) is 3.40. The topological polar surface area (TPSA) is 70.8 Å². The Morgan fingerprint density at radius 1 is 1.19 bits per heavy atom. The van der Waals surface area contributed by atoms with Crippen LogP contribution in [0.15, 0.2) is 0 Å². The molecule has 0 amide bonds. The molecule has 0 radical (unpaired) electrons. The number of ether oxygens (including phenoxy) is 3. The van der Waals surface area contributed by atoms with Crippen molar-refractivity contribution < 1.29 is 19.0 Å². The van der Waals surface area contributed by atoms with Crippen LogP contribution in [-0.4, -0.2) is 45.0 Å². The van der Waals surface area contributed by atoms with E-state index in [0.29, 0.717) is 19.8 Å². The van der Waals surface area contributed by atoms with Gasteiger partial charge in [-0.1, -0.05) is 13.3 Å². The number of esters is 1. The van der Waals surface area contributed by atoms with Crippen molar-refractivity contribution in [1.29, 1.82) is 0 Å². The molecule has 16 heavy (non-hydrogen) atoms. The van der Waals surface area contributed by atoms with Crippen LogP contribution >= 0.6 is 0 Å². The molecule has 0 aliphatic carbocycles. The van der Waals surface area contributed by atoms with E-state index in [2.05, 4.69) is 6.92 Å². The molecular formula is C11H23NO4. The van der Waals surface area contributed by atoms with E-state index in [0.717, 1.165) is 19.4 Å². The van der Waals surface area contributed by atoms with E-state index >= 15 is 0 Å². The summed E-state index contributed by atoms with van der Waals surface area (Å²) in [6.07, 6.45) is 2.18. The van der Waals surface area contributed by atoms with Gasteiger partial charge in [-0.15, -0.1) is 0 Å². The highest BCUT2D eigenvalue weighted by atomic mass is 16.5. The molecule has 0 bridgehead atoms. The van der Waals surface area contributed by atoms with Gasteiger partial charge in [-0.05, 0) is 13.3 Å². The van der Waals surface area contributed by atoms with Crippen molar-refractivity contribution in [2.45, 2.75) is 32.7 Å². The molecule has 0 aliphatic heterocycles. The number of unbranched alkanes of at least 4 members (excludes halogenated alkanes) is 1. The Balaban J connectivity index is 3.27. The molecule has 0 aromatic carbocycles. The fourth-order valence-electron chi connectivity index (χ4n) is 0.994. The number of hydrogen-bond acceptors (Lipinski definition) is 5. The average molecular weight is 233 g/mol. The summed E-state index contributed by atoms with van der Waals surface area (Å²) >= 11 is 0. The van der Waals surface area contributed by atoms with Gasteiger partial charge in [-0.25, -0.2) is 0 Å². The Labute approximate surface area is 97.2 Å². The van der Waals surface area contributed by atoms with E-state index in [9.17, 15) is 4.79 Å². The summed E-state index contributed by atoms with van der Waals surface area (Å²) in [5.41, 5.74) is 5.53. The first-order valence-electron chi connectivity index (χ1n) is 5.80. The second-order valence-corrected chi connectivity index (χ2v) is 3.40. The maximum Gasteiger partial charge on any atom is 0.325 e. The Kier molecular flexibility index (Phi) is 10.4. The Hall–Kier alpha value is -0.650. The van der Waals surface area contributed by atoms with E-state index in [1.165, 1.54) is 0 Å². The Bertz CT molecular complexity index is 175. The van der Waals surface area contributed by atoms with Crippen LogP contribution in [0.1, 0.15) is 26.7 Å². The number of carbonyl (C=O) groups is 1. The lowest BCUT2D eigenvalue weighted by Gasteiger charge is -2.11. The molecule has 0 fully saturated rings. The molecule has 0 aromatic rings. The lowest BCUT2D eigenvalue weighted by atomic mass is 10.3. The molecule has 0 rings (SSSR count). The van der Waals surface area contributed by atoms with Crippen molar-refractivity contribution in [2.75, 3.05) is 33.0 Å². The first kappa shape index (κ1) is 15.3. The molecule has 1 unspecified atom stereocenters. The van der Waals surface area contributed by atoms with Crippen molar-refractivity contribution in [3.8, 4) is 0 Å². The zero-order chi connectivity index (χ0) is 12.2. The summed E-state index contributed by atoms with van der Waals surface area (Å²) in [6, 6.07) is -0.699. The van der Waals surface area contributed by atoms with Crippen molar-refractivity contribution in [1.82, 2.24) is 0 Å². The first-order chi connectivity index (χ1) is 7.72. The van der Waals surface area contributed by atoms with Gasteiger partial charge in [-0.3, -0.25) is 4.79 Å². The van der Waals surface area contributed by atoms with E-state index in [-0.39, 0.29) is 6.61 Å². The van der Waals surface area contributed by atoms with Crippen LogP contribution in [0.5, 0.6) is 0 Å². The van der Waals surface area contributed by atoms with Gasteiger partial charge in [-0.2, -0.15) is 0 Å². The number of hydrogen-bond donors (Lipinski definition) is 1. The molecule has 0 aliphatic rings. The number of carbonyl (C=O) groups excluding carboxylic acids is 1. The van der Waals surface area contributed by atoms with Crippen LogP contribution in [0.4, 0.5) is 0 Å². The molecule has 1 atom stereocenters. The molecule has 0 saturated heterocycles. The summed E-state index contributed by atoms with van der Waals surface area (Å²) in [5.74, 6) is -0.422. The summed E-state index contributed by atoms with van der Waals surface area (Å²) in [5, 5.41) is 0. The third kappa shape index (κ3) is 8.64. The minimum absolute atomic E-state index is 0.177. The zero-order valence-electron chi connectivity index (χ0n) is 10.2. The fourth-order valence-corrected chi connectivity index (χ4v) is 0.994. The maximum absolute atomic E-state index is 11.1. The highest BCUT2D eigenvalue weighted by Gasteiger charge is 2.13. The van der Waals surface area contributed by atoms with Crippen molar-refractivity contribution >= 4 is 5.97 Å². The van der Waals surface area contributed by atoms with Crippen LogP contribution in [-0.2, 0) is 19.0 Å². The van der Waals surface area contributed by atoms with Crippen LogP contribution < -0.4 is 5.73 Å². The molecule has 5 nitrogen and oxygen atoms in total. The SMILES string of the molecule is CCCCOCCOCC(N)C(=O)OCC. The van der Waals surface area contributed by atoms with Gasteiger partial charge in [0.25, 0.3) is 0 Å². The Morgan fingerprint density at radius 3 is 2.50 bits per heavy atom. The highest BCUT2D eigenvalue weighted by molar-refractivity contribution is 5.75. The third-order valence-corrected chi connectivity index (χ3v) is 1.90. The van der Waals surface area contributed by atoms with Gasteiger partial charge < -0.3 is 19.9 Å². The van der Waals surface area contributed by atoms with Gasteiger partial charge in [0.2, 0.25) is 0 Å². The predicted octanol–water partition coefficient (Wildman–Crippen LogP) is 0.710. The summed E-state index contributed by atoms with van der Waals surface area (Å²) < 4.78 is 15.2. The minimum Gasteiger partial charge on any atom is -0.465 e. The van der Waals surface area contributed by atoms with Crippen LogP contribution in [0.2, 0.25) is 0 Å². The molecule has 0 heterocycles. The Morgan fingerprint density at radius 2 is 1.88 bits per heavy atom. The van der Waals surface area contributed by atoms with E-state index in [1.807, 2.05) is 0 Å². The predicted molar refractivity (Wildman–Crippen MR) is 61.2 cm³/mol. The third-order valence-electron chi connectivity index (χ3n) is 1.90. The number of nitrogens with two attached hydrogens (primary N) is 1. The molecule has 0 aromatic heterocycles. The minimum atomic E-state index is -0.699. The first-order valence-corrected chi connectivity index (χ1v) is 5.80. The van der Waals surface area contributed by atoms with E-state index in [4.69, 9.17) is 19.9 Å². The standard InChI is InChI=1S/C11H23NO4/c1-3-5-6-14-7-8-15-9-10(12)11(13)16-4-2/h10H,3-9,12H2,1-2H3. The molecule has 5 heteroatoms. The lowest BCUT2D eigenvalue weighted by Crippen LogP contribution is -2.37. The number of rotatable bonds is 10. The fraction of sp³-hybridized carbons (Fsp3) is 0.909. The van der Waals surface area contributed by atoms with E-state index in [1.54, 1.807) is 6.92 Å². The summed E-state index contributed by atoms with van der Waals surface area (Å²) in [6.45, 7) is 6.12. The molecular weight excluding hydrogens is 210 g/mol. The molecule has 0 spiro atoms. The normalized spacial score (nSPS) is 12.4. The van der Waals surface area contributed by atoms with Gasteiger partial charge in [0.05, 0.1) is 26.4 Å². The lowest BCUT2D eigenvalue weighted by molar-refractivity contribution is -0.146. The van der Waals surface area contributed by atoms with Gasteiger partial charge >= 0.3 is 5.97 Å². The van der Waals surface area contributed by atoms with E-state index < -0.39 is 12.0 Å². The quantitative estimate of drug-likeness (QED) is 0.444. The van der Waals surface area contributed by atoms with Crippen LogP contribution in [0, 0.1) is 0 Å². The largest absolute Gasteiger partial charge is 0.465 e. The summed E-state index contributed by atoms with van der Waals surface area (Å²) in [4.78, 5) is 11.1. The summed E-state index contributed by atoms with van der Waals surface area (Å²) in [7, 11) is 0. The maximum atomic E-state index is 11.1. The zero-order valence-corrected chi connectivity index (χ0v) is 10.2. The van der Waals surface area contributed by atoms with Gasteiger partial charge in [0.15, 0.2) is 0 Å².